The Labute approximate surface area is 75.3 Å². The average molecular weight is 198 g/mol. The molecule has 0 spiro atoms. The Balaban J connectivity index is 3.28. The van der Waals surface area contributed by atoms with Crippen molar-refractivity contribution in [3.8, 4) is 0 Å². The van der Waals surface area contributed by atoms with Gasteiger partial charge in [-0.25, -0.2) is 5.48 Å². The van der Waals surface area contributed by atoms with E-state index in [9.17, 15) is 4.79 Å². The van der Waals surface area contributed by atoms with Crippen LogP contribution in [0.5, 0.6) is 0 Å². The van der Waals surface area contributed by atoms with Crippen LogP contribution in [-0.2, 0) is 9.63 Å². The minimum atomic E-state index is -0.368. The van der Waals surface area contributed by atoms with Crippen molar-refractivity contribution >= 4 is 29.1 Å². The maximum Gasteiger partial charge on any atom is 0.258 e. The number of hydrogen-bond acceptors (Lipinski definition) is 2. The summed E-state index contributed by atoms with van der Waals surface area (Å²) < 4.78 is 0. The zero-order valence-corrected chi connectivity index (χ0v) is 7.58. The van der Waals surface area contributed by atoms with E-state index in [0.29, 0.717) is 5.03 Å². The highest BCUT2D eigenvalue weighted by Gasteiger charge is 1.94. The smallest absolute Gasteiger partial charge is 0.258 e. The molecule has 1 amide bonds. The van der Waals surface area contributed by atoms with Crippen molar-refractivity contribution in [2.75, 3.05) is 12.5 Å². The second-order valence-corrected chi connectivity index (χ2v) is 2.62. The molecule has 64 valence electrons. The first-order chi connectivity index (χ1) is 5.16. The van der Waals surface area contributed by atoms with Crippen molar-refractivity contribution in [1.82, 2.24) is 5.48 Å². The van der Waals surface area contributed by atoms with Crippen LogP contribution in [0.4, 0.5) is 0 Å². The molecule has 0 aromatic heterocycles. The molecule has 5 heteroatoms. The molecule has 0 radical (unpaired) electrons. The number of amides is 1. The summed E-state index contributed by atoms with van der Waals surface area (Å²) in [4.78, 5) is 15.1. The quantitative estimate of drug-likeness (QED) is 0.421. The number of hydrogen-bond donors (Lipinski definition) is 1. The molecular formula is C6H9Cl2NO2. The second-order valence-electron chi connectivity index (χ2n) is 1.76. The van der Waals surface area contributed by atoms with Gasteiger partial charge in [-0.05, 0) is 13.0 Å². The molecule has 11 heavy (non-hydrogen) atoms. The van der Waals surface area contributed by atoms with Crippen molar-refractivity contribution in [1.29, 1.82) is 0 Å². The normalized spacial score (nSPS) is 11.4. The molecule has 0 fully saturated rings. The number of hydroxylamine groups is 1. The molecule has 0 aromatic rings. The van der Waals surface area contributed by atoms with E-state index in [1.54, 1.807) is 13.0 Å². The lowest BCUT2D eigenvalue weighted by atomic mass is 10.5. The van der Waals surface area contributed by atoms with Crippen LogP contribution in [0.3, 0.4) is 0 Å². The van der Waals surface area contributed by atoms with E-state index in [0.717, 1.165) is 0 Å². The molecule has 0 saturated heterocycles. The maximum atomic E-state index is 10.4. The highest BCUT2D eigenvalue weighted by atomic mass is 35.5. The summed E-state index contributed by atoms with van der Waals surface area (Å²) >= 11 is 10.6. The van der Waals surface area contributed by atoms with Crippen LogP contribution in [0.15, 0.2) is 11.1 Å². The van der Waals surface area contributed by atoms with Crippen molar-refractivity contribution in [2.24, 2.45) is 0 Å². The van der Waals surface area contributed by atoms with Crippen LogP contribution in [0.2, 0.25) is 0 Å². The third-order valence-electron chi connectivity index (χ3n) is 0.755. The van der Waals surface area contributed by atoms with Crippen molar-refractivity contribution < 1.29 is 9.63 Å². The van der Waals surface area contributed by atoms with Gasteiger partial charge in [-0.1, -0.05) is 11.6 Å². The van der Waals surface area contributed by atoms with Gasteiger partial charge in [-0.15, -0.1) is 11.6 Å². The van der Waals surface area contributed by atoms with E-state index in [1.165, 1.54) is 0 Å². The van der Waals surface area contributed by atoms with Gasteiger partial charge in [0, 0.05) is 5.03 Å². The summed E-state index contributed by atoms with van der Waals surface area (Å²) in [5.41, 5.74) is 2.11. The Morgan fingerprint density at radius 2 is 2.36 bits per heavy atom. The van der Waals surface area contributed by atoms with E-state index < -0.39 is 0 Å². The van der Waals surface area contributed by atoms with Gasteiger partial charge in [-0.3, -0.25) is 9.63 Å². The zero-order chi connectivity index (χ0) is 8.69. The monoisotopic (exact) mass is 197 g/mol. The molecule has 0 aliphatic carbocycles. The average Bonchev–Trinajstić information content (AvgIpc) is 1.97. The minimum absolute atomic E-state index is 0.108. The van der Waals surface area contributed by atoms with E-state index in [-0.39, 0.29) is 18.4 Å². The van der Waals surface area contributed by atoms with E-state index in [1.807, 2.05) is 0 Å². The van der Waals surface area contributed by atoms with Gasteiger partial charge in [-0.2, -0.15) is 0 Å². The van der Waals surface area contributed by atoms with Gasteiger partial charge in [0.25, 0.3) is 5.91 Å². The summed E-state index contributed by atoms with van der Waals surface area (Å²) in [5.74, 6) is -0.476. The van der Waals surface area contributed by atoms with Crippen molar-refractivity contribution in [3.05, 3.63) is 11.1 Å². The van der Waals surface area contributed by atoms with E-state index in [2.05, 4.69) is 10.3 Å². The molecule has 0 unspecified atom stereocenters. The molecule has 1 N–H and O–H groups in total. The van der Waals surface area contributed by atoms with Gasteiger partial charge < -0.3 is 0 Å². The maximum absolute atomic E-state index is 10.4. The Morgan fingerprint density at radius 3 is 2.82 bits per heavy atom. The highest BCUT2D eigenvalue weighted by molar-refractivity contribution is 6.29. The number of carbonyl (C=O) groups excluding carboxylic acids is 1. The third kappa shape index (κ3) is 7.65. The molecule has 0 aliphatic rings. The number of rotatable bonds is 4. The zero-order valence-electron chi connectivity index (χ0n) is 6.06. The molecule has 0 aliphatic heterocycles. The Kier molecular flexibility index (Phi) is 6.31. The third-order valence-corrected chi connectivity index (χ3v) is 1.15. The fourth-order valence-electron chi connectivity index (χ4n) is 0.306. The number of carbonyl (C=O) groups is 1. The number of halogens is 2. The Hall–Kier alpha value is -0.250. The summed E-state index contributed by atoms with van der Waals surface area (Å²) in [6.45, 7) is 1.96. The lowest BCUT2D eigenvalue weighted by Crippen LogP contribution is -2.24. The van der Waals surface area contributed by atoms with Gasteiger partial charge in [0.15, 0.2) is 0 Å². The van der Waals surface area contributed by atoms with E-state index in [4.69, 9.17) is 23.2 Å². The molecule has 0 aromatic carbocycles. The number of alkyl halides is 1. The lowest BCUT2D eigenvalue weighted by Gasteiger charge is -1.99. The van der Waals surface area contributed by atoms with E-state index >= 15 is 0 Å². The fraction of sp³-hybridized carbons (Fsp3) is 0.500. The van der Waals surface area contributed by atoms with Crippen LogP contribution in [0.1, 0.15) is 6.92 Å². The predicted molar refractivity (Wildman–Crippen MR) is 44.4 cm³/mol. The standard InChI is InChI=1S/C6H9Cl2NO2/c1-5(8)2-3-11-9-6(10)4-7/h2H,3-4H2,1H3,(H,9,10)/b5-2-. The second kappa shape index (κ2) is 6.46. The molecular weight excluding hydrogens is 189 g/mol. The lowest BCUT2D eigenvalue weighted by molar-refractivity contribution is -0.129. The van der Waals surface area contributed by atoms with Gasteiger partial charge >= 0.3 is 0 Å². The number of allylic oxidation sites excluding steroid dienone is 1. The molecule has 0 atom stereocenters. The van der Waals surface area contributed by atoms with Crippen LogP contribution in [0, 0.1) is 0 Å². The molecule has 0 saturated carbocycles. The Morgan fingerprint density at radius 1 is 1.73 bits per heavy atom. The molecule has 0 heterocycles. The first-order valence-electron chi connectivity index (χ1n) is 2.95. The summed E-state index contributed by atoms with van der Waals surface area (Å²) in [6, 6.07) is 0. The molecule has 0 bridgehead atoms. The van der Waals surface area contributed by atoms with Gasteiger partial charge in [0.1, 0.15) is 5.88 Å². The topological polar surface area (TPSA) is 38.3 Å². The summed E-state index contributed by atoms with van der Waals surface area (Å²) in [5, 5.41) is 0.616. The van der Waals surface area contributed by atoms with Crippen LogP contribution < -0.4 is 5.48 Å². The van der Waals surface area contributed by atoms with Crippen LogP contribution >= 0.6 is 23.2 Å². The largest absolute Gasteiger partial charge is 0.271 e. The van der Waals surface area contributed by atoms with Crippen molar-refractivity contribution in [3.63, 3.8) is 0 Å². The number of nitrogens with one attached hydrogen (secondary N) is 1. The molecule has 3 nitrogen and oxygen atoms in total. The fourth-order valence-corrected chi connectivity index (χ4v) is 0.423. The summed E-state index contributed by atoms with van der Waals surface area (Å²) in [6.07, 6.45) is 1.62. The Bertz CT molecular complexity index is 155. The highest BCUT2D eigenvalue weighted by Crippen LogP contribution is 1.95. The minimum Gasteiger partial charge on any atom is -0.271 e. The van der Waals surface area contributed by atoms with Gasteiger partial charge in [0.2, 0.25) is 0 Å². The van der Waals surface area contributed by atoms with Crippen molar-refractivity contribution in [2.45, 2.75) is 6.92 Å². The first kappa shape index (κ1) is 10.8. The van der Waals surface area contributed by atoms with Crippen LogP contribution in [0.25, 0.3) is 0 Å². The summed E-state index contributed by atoms with van der Waals surface area (Å²) in [7, 11) is 0. The first-order valence-corrected chi connectivity index (χ1v) is 3.87. The predicted octanol–water partition coefficient (Wildman–Crippen LogP) is 1.42. The SMILES string of the molecule is C/C(Cl)=C/CONC(=O)CCl. The van der Waals surface area contributed by atoms with Crippen LogP contribution in [-0.4, -0.2) is 18.4 Å². The molecule has 0 rings (SSSR count). The van der Waals surface area contributed by atoms with Gasteiger partial charge in [0.05, 0.1) is 6.61 Å².